The van der Waals surface area contributed by atoms with Gasteiger partial charge in [0.2, 0.25) is 0 Å². The zero-order valence-corrected chi connectivity index (χ0v) is 16.7. The van der Waals surface area contributed by atoms with Gasteiger partial charge in [-0.1, -0.05) is 48.9 Å². The van der Waals surface area contributed by atoms with Gasteiger partial charge in [-0.05, 0) is 55.9 Å². The van der Waals surface area contributed by atoms with E-state index in [2.05, 4.69) is 50.2 Å². The number of H-pyrrole nitrogens is 1. The number of hydrogen-bond acceptors (Lipinski definition) is 6. The molecule has 0 spiro atoms. The second-order valence-corrected chi connectivity index (χ2v) is 7.59. The highest BCUT2D eigenvalue weighted by molar-refractivity contribution is 5.69. The molecule has 3 atom stereocenters. The third-order valence-corrected chi connectivity index (χ3v) is 5.84. The Kier molecular flexibility index (Phi) is 7.30. The summed E-state index contributed by atoms with van der Waals surface area (Å²) in [7, 11) is 2.01. The number of nitrogens with zero attached hydrogens (tertiary/aromatic N) is 3. The Morgan fingerprint density at radius 2 is 2.11 bits per heavy atom. The maximum absolute atomic E-state index is 10.0. The van der Waals surface area contributed by atoms with Gasteiger partial charge in [0.05, 0.1) is 0 Å². The van der Waals surface area contributed by atoms with Crippen molar-refractivity contribution in [1.29, 1.82) is 0 Å². The van der Waals surface area contributed by atoms with Gasteiger partial charge >= 0.3 is 0 Å². The summed E-state index contributed by atoms with van der Waals surface area (Å²) in [5.74, 6) is -0.0204. The number of tetrazole rings is 1. The molecule has 0 radical (unpaired) electrons. The predicted octanol–water partition coefficient (Wildman–Crippen LogP) is 2.41. The number of aromatic nitrogens is 4. The van der Waals surface area contributed by atoms with Gasteiger partial charge in [-0.25, -0.2) is 0 Å². The van der Waals surface area contributed by atoms with Crippen LogP contribution in [0.5, 0.6) is 0 Å². The summed E-state index contributed by atoms with van der Waals surface area (Å²) in [6.07, 6.45) is 6.29. The lowest BCUT2D eigenvalue weighted by molar-refractivity contribution is -0.0943. The second-order valence-electron chi connectivity index (χ2n) is 7.59. The van der Waals surface area contributed by atoms with E-state index < -0.39 is 6.29 Å². The number of aromatic amines is 1. The molecule has 1 aromatic heterocycles. The molecule has 1 heterocycles. The zero-order chi connectivity index (χ0) is 19.9. The highest BCUT2D eigenvalue weighted by Gasteiger charge is 2.32. The average molecular weight is 386 g/mol. The second kappa shape index (κ2) is 9.91. The van der Waals surface area contributed by atoms with Crippen molar-refractivity contribution in [3.05, 3.63) is 47.3 Å². The lowest BCUT2D eigenvalue weighted by Crippen LogP contribution is -2.29. The van der Waals surface area contributed by atoms with Crippen LogP contribution in [-0.4, -0.2) is 50.2 Å². The minimum Gasteiger partial charge on any atom is -0.368 e. The molecule has 0 aliphatic heterocycles. The van der Waals surface area contributed by atoms with Gasteiger partial charge in [-0.2, -0.15) is 5.21 Å². The van der Waals surface area contributed by atoms with E-state index in [1.165, 1.54) is 16.7 Å². The van der Waals surface area contributed by atoms with E-state index in [4.69, 9.17) is 0 Å². The van der Waals surface area contributed by atoms with Crippen molar-refractivity contribution >= 4 is 5.57 Å². The van der Waals surface area contributed by atoms with Crippen LogP contribution in [0.4, 0.5) is 0 Å². The topological polar surface area (TPSA) is 107 Å². The van der Waals surface area contributed by atoms with Crippen molar-refractivity contribution in [2.24, 2.45) is 5.92 Å². The van der Waals surface area contributed by atoms with Crippen LogP contribution in [0.2, 0.25) is 0 Å². The van der Waals surface area contributed by atoms with Crippen molar-refractivity contribution in [2.45, 2.75) is 63.7 Å². The molecule has 3 unspecified atom stereocenters. The fourth-order valence-electron chi connectivity index (χ4n) is 4.24. The SMILES string of the molecule is CCCC(C(O)O)C(Cc1ccccc1C1=CCC(NC)CC1)c1nn[nH]n1. The van der Waals surface area contributed by atoms with Crippen molar-refractivity contribution in [3.8, 4) is 0 Å². The van der Waals surface area contributed by atoms with Gasteiger partial charge < -0.3 is 15.5 Å². The minimum absolute atomic E-state index is 0.214. The number of benzene rings is 1. The van der Waals surface area contributed by atoms with Gasteiger partial charge in [0.1, 0.15) is 0 Å². The summed E-state index contributed by atoms with van der Waals surface area (Å²) in [6, 6.07) is 8.94. The lowest BCUT2D eigenvalue weighted by atomic mass is 9.80. The Balaban J connectivity index is 1.90. The van der Waals surface area contributed by atoms with Crippen LogP contribution >= 0.6 is 0 Å². The van der Waals surface area contributed by atoms with E-state index in [0.717, 1.165) is 25.7 Å². The van der Waals surface area contributed by atoms with Crippen LogP contribution in [-0.2, 0) is 6.42 Å². The largest absolute Gasteiger partial charge is 0.368 e. The molecule has 4 N–H and O–H groups in total. The van der Waals surface area contributed by atoms with Crippen LogP contribution in [0.1, 0.15) is 61.9 Å². The van der Waals surface area contributed by atoms with Gasteiger partial charge in [0.15, 0.2) is 12.1 Å². The van der Waals surface area contributed by atoms with Crippen LogP contribution in [0, 0.1) is 5.92 Å². The molecular weight excluding hydrogens is 354 g/mol. The summed E-state index contributed by atoms with van der Waals surface area (Å²) in [4.78, 5) is 0. The van der Waals surface area contributed by atoms with Crippen LogP contribution < -0.4 is 5.32 Å². The Morgan fingerprint density at radius 3 is 2.71 bits per heavy atom. The third-order valence-electron chi connectivity index (χ3n) is 5.84. The van der Waals surface area contributed by atoms with Gasteiger partial charge in [-0.3, -0.25) is 0 Å². The number of nitrogens with one attached hydrogen (secondary N) is 2. The van der Waals surface area contributed by atoms with Gasteiger partial charge in [0, 0.05) is 17.9 Å². The molecule has 1 aliphatic rings. The molecule has 0 bridgehead atoms. The van der Waals surface area contributed by atoms with E-state index >= 15 is 0 Å². The van der Waals surface area contributed by atoms with Crippen molar-refractivity contribution in [1.82, 2.24) is 25.9 Å². The maximum atomic E-state index is 10.0. The average Bonchev–Trinajstić information content (AvgIpc) is 3.25. The summed E-state index contributed by atoms with van der Waals surface area (Å²) >= 11 is 0. The van der Waals surface area contributed by atoms with E-state index in [-0.39, 0.29) is 11.8 Å². The number of rotatable bonds is 9. The van der Waals surface area contributed by atoms with Crippen LogP contribution in [0.25, 0.3) is 5.57 Å². The molecule has 1 aliphatic carbocycles. The fourth-order valence-corrected chi connectivity index (χ4v) is 4.24. The molecule has 7 nitrogen and oxygen atoms in total. The van der Waals surface area contributed by atoms with Gasteiger partial charge in [-0.15, -0.1) is 10.2 Å². The summed E-state index contributed by atoms with van der Waals surface area (Å²) in [5.41, 5.74) is 3.80. The first-order valence-corrected chi connectivity index (χ1v) is 10.2. The number of hydrogen-bond donors (Lipinski definition) is 4. The molecular formula is C21H31N5O2. The predicted molar refractivity (Wildman–Crippen MR) is 108 cm³/mol. The fraction of sp³-hybridized carbons (Fsp3) is 0.571. The first-order valence-electron chi connectivity index (χ1n) is 10.2. The Morgan fingerprint density at radius 1 is 1.29 bits per heavy atom. The quantitative estimate of drug-likeness (QED) is 0.494. The first kappa shape index (κ1) is 20.6. The third kappa shape index (κ3) is 4.84. The first-order chi connectivity index (χ1) is 13.6. The van der Waals surface area contributed by atoms with Crippen LogP contribution in [0.15, 0.2) is 30.3 Å². The standard InChI is InChI=1S/C21H31N5O2/c1-3-6-18(21(27)28)19(20-23-25-26-24-20)13-15-7-4-5-8-17(15)14-9-11-16(22-2)12-10-14/h4-5,7-9,16,18-19,21-22,27-28H,3,6,10-13H2,1-2H3,(H,23,24,25,26). The van der Waals surface area contributed by atoms with E-state index in [1.807, 2.05) is 20.0 Å². The molecule has 2 aromatic rings. The minimum atomic E-state index is -1.42. The number of allylic oxidation sites excluding steroid dienone is 1. The van der Waals surface area contributed by atoms with Gasteiger partial charge in [0.25, 0.3) is 0 Å². The molecule has 3 rings (SSSR count). The summed E-state index contributed by atoms with van der Waals surface area (Å²) < 4.78 is 0. The van der Waals surface area contributed by atoms with E-state index in [0.29, 0.717) is 24.7 Å². The van der Waals surface area contributed by atoms with Crippen molar-refractivity contribution in [3.63, 3.8) is 0 Å². The molecule has 0 amide bonds. The molecule has 0 fully saturated rings. The number of aliphatic hydroxyl groups is 2. The molecule has 0 saturated heterocycles. The Hall–Kier alpha value is -2.09. The Bertz CT molecular complexity index is 760. The van der Waals surface area contributed by atoms with Crippen LogP contribution in [0.3, 0.4) is 0 Å². The highest BCUT2D eigenvalue weighted by atomic mass is 16.5. The highest BCUT2D eigenvalue weighted by Crippen LogP contribution is 2.35. The summed E-state index contributed by atoms with van der Waals surface area (Å²) in [5, 5.41) is 37.9. The Labute approximate surface area is 166 Å². The zero-order valence-electron chi connectivity index (χ0n) is 16.7. The van der Waals surface area contributed by atoms with E-state index in [9.17, 15) is 10.2 Å². The van der Waals surface area contributed by atoms with E-state index in [1.54, 1.807) is 0 Å². The smallest absolute Gasteiger partial charge is 0.178 e. The van der Waals surface area contributed by atoms with Crippen molar-refractivity contribution in [2.75, 3.05) is 7.05 Å². The number of aliphatic hydroxyl groups excluding tert-OH is 1. The summed E-state index contributed by atoms with van der Waals surface area (Å²) in [6.45, 7) is 2.04. The maximum Gasteiger partial charge on any atom is 0.178 e. The monoisotopic (exact) mass is 385 g/mol. The molecule has 0 saturated carbocycles. The molecule has 28 heavy (non-hydrogen) atoms. The molecule has 152 valence electrons. The lowest BCUT2D eigenvalue weighted by Gasteiger charge is -2.28. The van der Waals surface area contributed by atoms with Crippen molar-refractivity contribution < 1.29 is 10.2 Å². The molecule has 7 heteroatoms. The normalized spacial score (nSPS) is 19.5. The molecule has 1 aromatic carbocycles.